The summed E-state index contributed by atoms with van der Waals surface area (Å²) in [5.41, 5.74) is 3.09. The Balaban J connectivity index is 2.16. The lowest BCUT2D eigenvalue weighted by Gasteiger charge is -2.21. The van der Waals surface area contributed by atoms with Crippen molar-refractivity contribution >= 4 is 0 Å². The van der Waals surface area contributed by atoms with Crippen molar-refractivity contribution in [1.82, 2.24) is 0 Å². The Morgan fingerprint density at radius 2 is 1.57 bits per heavy atom. The van der Waals surface area contributed by atoms with E-state index in [0.717, 1.165) is 28.2 Å². The van der Waals surface area contributed by atoms with Crippen LogP contribution in [0, 0.1) is 0 Å². The molecule has 0 saturated carbocycles. The van der Waals surface area contributed by atoms with Crippen molar-refractivity contribution in [3.05, 3.63) is 59.2 Å². The summed E-state index contributed by atoms with van der Waals surface area (Å²) in [5.74, 6) is 1.47. The maximum absolute atomic E-state index is 6.29. The topological polar surface area (TPSA) is 27.7 Å². The Kier molecular flexibility index (Phi) is 3.38. The van der Waals surface area contributed by atoms with Gasteiger partial charge in [0.05, 0.1) is 19.8 Å². The van der Waals surface area contributed by atoms with E-state index < -0.39 is 0 Å². The zero-order valence-corrected chi connectivity index (χ0v) is 12.8. The standard InChI is InChI=1S/C18H20O3/c1-18(2)14-11-16(20-4)15(19-3)10-13(14)17(21-18)12-8-6-5-7-9-12/h5-11,17H,1-4H3/t17-/m0/s1. The molecule has 0 amide bonds. The fourth-order valence-electron chi connectivity index (χ4n) is 2.93. The second-order valence-electron chi connectivity index (χ2n) is 5.71. The van der Waals surface area contributed by atoms with E-state index in [2.05, 4.69) is 26.0 Å². The van der Waals surface area contributed by atoms with Gasteiger partial charge in [-0.05, 0) is 42.7 Å². The average molecular weight is 284 g/mol. The van der Waals surface area contributed by atoms with E-state index in [1.165, 1.54) is 0 Å². The van der Waals surface area contributed by atoms with Gasteiger partial charge in [-0.3, -0.25) is 0 Å². The highest BCUT2D eigenvalue weighted by Gasteiger charge is 2.39. The minimum atomic E-state index is -0.352. The van der Waals surface area contributed by atoms with Crippen LogP contribution in [0.4, 0.5) is 0 Å². The minimum absolute atomic E-state index is 0.0731. The maximum Gasteiger partial charge on any atom is 0.161 e. The van der Waals surface area contributed by atoms with Crippen molar-refractivity contribution in [2.75, 3.05) is 14.2 Å². The van der Waals surface area contributed by atoms with Gasteiger partial charge >= 0.3 is 0 Å². The molecule has 110 valence electrons. The molecule has 21 heavy (non-hydrogen) atoms. The van der Waals surface area contributed by atoms with E-state index >= 15 is 0 Å². The fourth-order valence-corrected chi connectivity index (χ4v) is 2.93. The highest BCUT2D eigenvalue weighted by Crippen LogP contribution is 2.49. The SMILES string of the molecule is COc1cc2c(cc1OC)C(C)(C)O[C@H]2c1ccccc1. The van der Waals surface area contributed by atoms with Gasteiger partial charge in [0.25, 0.3) is 0 Å². The van der Waals surface area contributed by atoms with Gasteiger partial charge in [-0.15, -0.1) is 0 Å². The van der Waals surface area contributed by atoms with E-state index in [1.807, 2.05) is 30.3 Å². The lowest BCUT2D eigenvalue weighted by molar-refractivity contribution is -0.0341. The van der Waals surface area contributed by atoms with Crippen LogP contribution in [0.1, 0.15) is 36.6 Å². The Morgan fingerprint density at radius 1 is 0.952 bits per heavy atom. The molecule has 1 aliphatic heterocycles. The van der Waals surface area contributed by atoms with Crippen LogP contribution < -0.4 is 9.47 Å². The molecule has 0 fully saturated rings. The third-order valence-electron chi connectivity index (χ3n) is 4.00. The van der Waals surface area contributed by atoms with Crippen LogP contribution >= 0.6 is 0 Å². The molecule has 0 saturated heterocycles. The summed E-state index contributed by atoms with van der Waals surface area (Å²) in [6, 6.07) is 14.3. The molecule has 0 spiro atoms. The molecule has 3 heteroatoms. The first kappa shape index (κ1) is 14.0. The monoisotopic (exact) mass is 284 g/mol. The lowest BCUT2D eigenvalue weighted by atomic mass is 9.92. The zero-order chi connectivity index (χ0) is 15.0. The molecule has 2 aromatic rings. The number of hydrogen-bond donors (Lipinski definition) is 0. The third-order valence-corrected chi connectivity index (χ3v) is 4.00. The van der Waals surface area contributed by atoms with Crippen molar-refractivity contribution < 1.29 is 14.2 Å². The van der Waals surface area contributed by atoms with Crippen LogP contribution in [0.15, 0.2) is 42.5 Å². The van der Waals surface area contributed by atoms with E-state index in [9.17, 15) is 0 Å². The number of hydrogen-bond acceptors (Lipinski definition) is 3. The molecule has 0 unspecified atom stereocenters. The predicted molar refractivity (Wildman–Crippen MR) is 81.9 cm³/mol. The minimum Gasteiger partial charge on any atom is -0.493 e. The summed E-state index contributed by atoms with van der Waals surface area (Å²) in [4.78, 5) is 0. The summed E-state index contributed by atoms with van der Waals surface area (Å²) in [5, 5.41) is 0. The molecule has 3 rings (SSSR count). The Bertz CT molecular complexity index is 647. The second kappa shape index (κ2) is 5.08. The van der Waals surface area contributed by atoms with Crippen LogP contribution in [-0.2, 0) is 10.3 Å². The first-order valence-corrected chi connectivity index (χ1v) is 7.06. The van der Waals surface area contributed by atoms with E-state index in [0.29, 0.717) is 0 Å². The zero-order valence-electron chi connectivity index (χ0n) is 12.8. The quantitative estimate of drug-likeness (QED) is 0.850. The summed E-state index contributed by atoms with van der Waals surface area (Å²) in [6.45, 7) is 4.17. The number of ether oxygens (including phenoxy) is 3. The highest BCUT2D eigenvalue weighted by atomic mass is 16.5. The molecule has 0 aliphatic carbocycles. The molecule has 0 N–H and O–H groups in total. The van der Waals surface area contributed by atoms with Crippen molar-refractivity contribution in [2.45, 2.75) is 25.6 Å². The van der Waals surface area contributed by atoms with Crippen molar-refractivity contribution in [3.63, 3.8) is 0 Å². The van der Waals surface area contributed by atoms with E-state index in [1.54, 1.807) is 14.2 Å². The van der Waals surface area contributed by atoms with Crippen LogP contribution in [0.2, 0.25) is 0 Å². The summed E-state index contributed by atoms with van der Waals surface area (Å²) < 4.78 is 17.1. The molecular formula is C18H20O3. The Morgan fingerprint density at radius 3 is 2.19 bits per heavy atom. The van der Waals surface area contributed by atoms with E-state index in [-0.39, 0.29) is 11.7 Å². The van der Waals surface area contributed by atoms with Crippen molar-refractivity contribution in [1.29, 1.82) is 0 Å². The van der Waals surface area contributed by atoms with Gasteiger partial charge in [-0.2, -0.15) is 0 Å². The molecule has 0 aromatic heterocycles. The van der Waals surface area contributed by atoms with Gasteiger partial charge in [-0.1, -0.05) is 30.3 Å². The normalized spacial score (nSPS) is 19.1. The maximum atomic E-state index is 6.29. The molecule has 1 heterocycles. The first-order valence-electron chi connectivity index (χ1n) is 7.06. The van der Waals surface area contributed by atoms with Gasteiger partial charge in [-0.25, -0.2) is 0 Å². The summed E-state index contributed by atoms with van der Waals surface area (Å²) in [6.07, 6.45) is -0.0731. The predicted octanol–water partition coefficient (Wildman–Crippen LogP) is 4.06. The number of methoxy groups -OCH3 is 2. The number of fused-ring (bicyclic) bond motifs is 1. The lowest BCUT2D eigenvalue weighted by Crippen LogP contribution is -2.16. The Labute approximate surface area is 125 Å². The van der Waals surface area contributed by atoms with E-state index in [4.69, 9.17) is 14.2 Å². The smallest absolute Gasteiger partial charge is 0.161 e. The molecule has 0 radical (unpaired) electrons. The molecule has 3 nitrogen and oxygen atoms in total. The Hall–Kier alpha value is -2.00. The van der Waals surface area contributed by atoms with Gasteiger partial charge in [0.15, 0.2) is 11.5 Å². The van der Waals surface area contributed by atoms with Crippen molar-refractivity contribution in [2.24, 2.45) is 0 Å². The van der Waals surface area contributed by atoms with Crippen LogP contribution in [0.25, 0.3) is 0 Å². The second-order valence-corrected chi connectivity index (χ2v) is 5.71. The largest absolute Gasteiger partial charge is 0.493 e. The third kappa shape index (κ3) is 2.28. The molecular weight excluding hydrogens is 264 g/mol. The van der Waals surface area contributed by atoms with Crippen molar-refractivity contribution in [3.8, 4) is 11.5 Å². The van der Waals surface area contributed by atoms with Crippen LogP contribution in [-0.4, -0.2) is 14.2 Å². The molecule has 1 aliphatic rings. The summed E-state index contributed by atoms with van der Waals surface area (Å²) >= 11 is 0. The van der Waals surface area contributed by atoms with Gasteiger partial charge in [0.2, 0.25) is 0 Å². The van der Waals surface area contributed by atoms with Gasteiger partial charge in [0.1, 0.15) is 6.10 Å². The molecule has 2 aromatic carbocycles. The average Bonchev–Trinajstić information content (AvgIpc) is 2.78. The molecule has 0 bridgehead atoms. The number of benzene rings is 2. The first-order chi connectivity index (χ1) is 10.1. The van der Waals surface area contributed by atoms with Gasteiger partial charge in [0, 0.05) is 0 Å². The van der Waals surface area contributed by atoms with Crippen LogP contribution in [0.5, 0.6) is 11.5 Å². The molecule has 1 atom stereocenters. The van der Waals surface area contributed by atoms with Crippen LogP contribution in [0.3, 0.4) is 0 Å². The highest BCUT2D eigenvalue weighted by molar-refractivity contribution is 5.53. The summed E-state index contributed by atoms with van der Waals surface area (Å²) in [7, 11) is 3.31. The fraction of sp³-hybridized carbons (Fsp3) is 0.333. The van der Waals surface area contributed by atoms with Gasteiger partial charge < -0.3 is 14.2 Å². The number of rotatable bonds is 3.